The van der Waals surface area contributed by atoms with E-state index in [0.717, 1.165) is 16.0 Å². The molecule has 0 N–H and O–H groups in total. The van der Waals surface area contributed by atoms with Gasteiger partial charge in [0.2, 0.25) is 0 Å². The van der Waals surface area contributed by atoms with Crippen LogP contribution in [0.4, 0.5) is 0 Å². The van der Waals surface area contributed by atoms with Crippen LogP contribution >= 0.6 is 23.2 Å². The number of aryl methyl sites for hydroxylation is 1. The zero-order chi connectivity index (χ0) is 21.6. The van der Waals surface area contributed by atoms with Gasteiger partial charge in [-0.3, -0.25) is 13.9 Å². The number of halogens is 2. The largest absolute Gasteiger partial charge is 0.494 e. The minimum Gasteiger partial charge on any atom is -0.494 e. The molecule has 2 aromatic carbocycles. The van der Waals surface area contributed by atoms with Gasteiger partial charge in [-0.2, -0.15) is 0 Å². The number of benzene rings is 2. The Morgan fingerprint density at radius 2 is 1.67 bits per heavy atom. The van der Waals surface area contributed by atoms with Crippen LogP contribution in [0.2, 0.25) is 10.0 Å². The Bertz CT molecular complexity index is 1380. The van der Waals surface area contributed by atoms with E-state index in [9.17, 15) is 9.59 Å². The fraction of sp³-hybridized carbons (Fsp3) is 0.182. The second kappa shape index (κ2) is 7.70. The lowest BCUT2D eigenvalue weighted by Gasteiger charge is -2.12. The van der Waals surface area contributed by atoms with E-state index in [1.54, 1.807) is 31.4 Å². The molecular formula is C22H19Cl2N3O3. The highest BCUT2D eigenvalue weighted by Crippen LogP contribution is 2.36. The average Bonchev–Trinajstić information content (AvgIpc) is 3.12. The third-order valence-electron chi connectivity index (χ3n) is 5.05. The third-order valence-corrected chi connectivity index (χ3v) is 5.60. The first-order chi connectivity index (χ1) is 14.3. The van der Waals surface area contributed by atoms with Crippen LogP contribution in [0.25, 0.3) is 27.8 Å². The van der Waals surface area contributed by atoms with E-state index >= 15 is 0 Å². The van der Waals surface area contributed by atoms with Crippen molar-refractivity contribution in [3.05, 3.63) is 79.5 Å². The van der Waals surface area contributed by atoms with Crippen LogP contribution in [0.3, 0.4) is 0 Å². The van der Waals surface area contributed by atoms with Gasteiger partial charge in [0.05, 0.1) is 28.2 Å². The quantitative estimate of drug-likeness (QED) is 0.469. The molecule has 0 bridgehead atoms. The maximum absolute atomic E-state index is 13.1. The van der Waals surface area contributed by atoms with Gasteiger partial charge in [0.1, 0.15) is 5.75 Å². The summed E-state index contributed by atoms with van der Waals surface area (Å²) in [6.45, 7) is 2.49. The lowest BCUT2D eigenvalue weighted by atomic mass is 10.1. The van der Waals surface area contributed by atoms with Crippen molar-refractivity contribution in [3.8, 4) is 22.7 Å². The molecule has 0 spiro atoms. The van der Waals surface area contributed by atoms with Crippen molar-refractivity contribution in [2.45, 2.75) is 6.92 Å². The summed E-state index contributed by atoms with van der Waals surface area (Å²) in [4.78, 5) is 25.6. The number of fused-ring (bicyclic) bond motifs is 1. The van der Waals surface area contributed by atoms with Gasteiger partial charge in [0, 0.05) is 36.6 Å². The summed E-state index contributed by atoms with van der Waals surface area (Å²) in [5, 5.41) is 1.30. The van der Waals surface area contributed by atoms with Gasteiger partial charge in [0.25, 0.3) is 5.56 Å². The molecule has 0 saturated carbocycles. The topological polar surface area (TPSA) is 58.2 Å². The fourth-order valence-corrected chi connectivity index (χ4v) is 4.06. The van der Waals surface area contributed by atoms with E-state index in [-0.39, 0.29) is 5.56 Å². The van der Waals surface area contributed by atoms with Crippen LogP contribution in [0.15, 0.2) is 58.3 Å². The van der Waals surface area contributed by atoms with Crippen LogP contribution in [0, 0.1) is 0 Å². The summed E-state index contributed by atoms with van der Waals surface area (Å²) >= 11 is 12.6. The van der Waals surface area contributed by atoms with Crippen LogP contribution in [-0.2, 0) is 14.1 Å². The van der Waals surface area contributed by atoms with E-state index in [0.29, 0.717) is 38.8 Å². The molecule has 2 aromatic heterocycles. The molecule has 6 nitrogen and oxygen atoms in total. The van der Waals surface area contributed by atoms with Gasteiger partial charge < -0.3 is 9.30 Å². The van der Waals surface area contributed by atoms with Crippen molar-refractivity contribution < 1.29 is 4.74 Å². The summed E-state index contributed by atoms with van der Waals surface area (Å²) < 4.78 is 9.94. The minimum atomic E-state index is -0.398. The van der Waals surface area contributed by atoms with E-state index in [2.05, 4.69) is 0 Å². The maximum atomic E-state index is 13.1. The number of ether oxygens (including phenoxy) is 1. The Kier molecular flexibility index (Phi) is 5.22. The summed E-state index contributed by atoms with van der Waals surface area (Å²) in [7, 11) is 3.10. The number of rotatable bonds is 4. The van der Waals surface area contributed by atoms with Crippen molar-refractivity contribution in [2.24, 2.45) is 14.1 Å². The SMILES string of the molecule is CCOc1ccc(-n2cc3c(c2-c2ccc(Cl)cc2Cl)c(=O)n(C)c(=O)n3C)cc1. The molecular weight excluding hydrogens is 425 g/mol. The molecule has 0 radical (unpaired) electrons. The van der Waals surface area contributed by atoms with Gasteiger partial charge in [-0.05, 0) is 49.4 Å². The summed E-state index contributed by atoms with van der Waals surface area (Å²) in [6, 6.07) is 12.6. The zero-order valence-electron chi connectivity index (χ0n) is 16.6. The summed E-state index contributed by atoms with van der Waals surface area (Å²) in [5.74, 6) is 0.743. The molecule has 0 unspecified atom stereocenters. The molecule has 0 saturated heterocycles. The Morgan fingerprint density at radius 1 is 0.967 bits per heavy atom. The highest BCUT2D eigenvalue weighted by molar-refractivity contribution is 6.36. The lowest BCUT2D eigenvalue weighted by molar-refractivity contribution is 0.340. The molecule has 0 atom stereocenters. The molecule has 0 amide bonds. The Morgan fingerprint density at radius 3 is 2.30 bits per heavy atom. The van der Waals surface area contributed by atoms with Crippen LogP contribution in [0.1, 0.15) is 6.92 Å². The number of nitrogens with zero attached hydrogens (tertiary/aromatic N) is 3. The van der Waals surface area contributed by atoms with E-state index in [1.807, 2.05) is 35.8 Å². The van der Waals surface area contributed by atoms with Crippen LogP contribution < -0.4 is 16.0 Å². The number of hydrogen-bond acceptors (Lipinski definition) is 3. The van der Waals surface area contributed by atoms with Crippen LogP contribution in [0.5, 0.6) is 5.75 Å². The molecule has 0 aliphatic heterocycles. The van der Waals surface area contributed by atoms with Gasteiger partial charge in [-0.15, -0.1) is 0 Å². The standard InChI is InChI=1S/C22H19Cl2N3O3/c1-4-30-15-8-6-14(7-9-15)27-12-18-19(21(28)26(3)22(29)25(18)2)20(27)16-10-5-13(23)11-17(16)24/h5-12H,4H2,1-3H3. The molecule has 4 aromatic rings. The van der Waals surface area contributed by atoms with Gasteiger partial charge in [0.15, 0.2) is 0 Å². The van der Waals surface area contributed by atoms with Gasteiger partial charge >= 0.3 is 5.69 Å². The second-order valence-electron chi connectivity index (χ2n) is 6.86. The minimum absolute atomic E-state index is 0.390. The molecule has 8 heteroatoms. The normalized spacial score (nSPS) is 11.2. The highest BCUT2D eigenvalue weighted by Gasteiger charge is 2.21. The van der Waals surface area contributed by atoms with Gasteiger partial charge in [-0.1, -0.05) is 23.2 Å². The van der Waals surface area contributed by atoms with Crippen molar-refractivity contribution in [1.82, 2.24) is 13.7 Å². The zero-order valence-corrected chi connectivity index (χ0v) is 18.2. The van der Waals surface area contributed by atoms with Crippen molar-refractivity contribution in [3.63, 3.8) is 0 Å². The first kappa shape index (κ1) is 20.3. The highest BCUT2D eigenvalue weighted by atomic mass is 35.5. The molecule has 30 heavy (non-hydrogen) atoms. The van der Waals surface area contributed by atoms with E-state index in [1.165, 1.54) is 11.6 Å². The van der Waals surface area contributed by atoms with Crippen molar-refractivity contribution in [2.75, 3.05) is 6.61 Å². The molecule has 0 fully saturated rings. The molecule has 4 rings (SSSR count). The summed E-state index contributed by atoms with van der Waals surface area (Å²) in [6.07, 6.45) is 1.77. The average molecular weight is 444 g/mol. The molecule has 154 valence electrons. The number of hydrogen-bond donors (Lipinski definition) is 0. The van der Waals surface area contributed by atoms with E-state index in [4.69, 9.17) is 27.9 Å². The molecule has 2 heterocycles. The number of aromatic nitrogens is 3. The Balaban J connectivity index is 2.12. The fourth-order valence-electron chi connectivity index (χ4n) is 3.56. The monoisotopic (exact) mass is 443 g/mol. The van der Waals surface area contributed by atoms with Crippen LogP contribution in [-0.4, -0.2) is 20.3 Å². The third kappa shape index (κ3) is 3.22. The first-order valence-electron chi connectivity index (χ1n) is 9.33. The smallest absolute Gasteiger partial charge is 0.330 e. The predicted molar refractivity (Wildman–Crippen MR) is 120 cm³/mol. The Labute approximate surface area is 182 Å². The van der Waals surface area contributed by atoms with Crippen molar-refractivity contribution >= 4 is 34.1 Å². The molecule has 0 aliphatic rings. The van der Waals surface area contributed by atoms with Gasteiger partial charge in [-0.25, -0.2) is 4.79 Å². The lowest BCUT2D eigenvalue weighted by Crippen LogP contribution is -2.36. The Hall–Kier alpha value is -2.96. The maximum Gasteiger partial charge on any atom is 0.330 e. The predicted octanol–water partition coefficient (Wildman–Crippen LogP) is 4.40. The molecule has 0 aliphatic carbocycles. The summed E-state index contributed by atoms with van der Waals surface area (Å²) in [5.41, 5.74) is 1.75. The first-order valence-corrected chi connectivity index (χ1v) is 10.1. The van der Waals surface area contributed by atoms with E-state index < -0.39 is 5.69 Å². The van der Waals surface area contributed by atoms with Crippen molar-refractivity contribution in [1.29, 1.82) is 0 Å². The second-order valence-corrected chi connectivity index (χ2v) is 7.71.